The fourth-order valence-electron chi connectivity index (χ4n) is 1.85. The molecule has 5 heteroatoms. The van der Waals surface area contributed by atoms with Crippen molar-refractivity contribution in [2.45, 2.75) is 24.5 Å². The van der Waals surface area contributed by atoms with Crippen molar-refractivity contribution in [1.82, 2.24) is 0 Å². The summed E-state index contributed by atoms with van der Waals surface area (Å²) in [5, 5.41) is 11.4. The summed E-state index contributed by atoms with van der Waals surface area (Å²) >= 11 is 1.51. The Kier molecular flexibility index (Phi) is 5.98. The van der Waals surface area contributed by atoms with Gasteiger partial charge in [-0.1, -0.05) is 30.3 Å². The summed E-state index contributed by atoms with van der Waals surface area (Å²) in [4.78, 5) is 12.1. The van der Waals surface area contributed by atoms with Gasteiger partial charge in [0.25, 0.3) is 0 Å². The van der Waals surface area contributed by atoms with E-state index in [1.54, 1.807) is 12.1 Å². The van der Waals surface area contributed by atoms with Crippen molar-refractivity contribution in [2.75, 3.05) is 5.32 Å². The van der Waals surface area contributed by atoms with E-state index in [4.69, 9.17) is 5.11 Å². The third-order valence-corrected chi connectivity index (χ3v) is 4.38. The second-order valence-corrected chi connectivity index (χ2v) is 6.26. The van der Waals surface area contributed by atoms with Crippen LogP contribution in [0.25, 0.3) is 0 Å². The van der Waals surface area contributed by atoms with Gasteiger partial charge in [0.15, 0.2) is 0 Å². The minimum absolute atomic E-state index is 0.0276. The lowest BCUT2D eigenvalue weighted by Gasteiger charge is -2.12. The number of amides is 1. The molecular formula is C17H18FNO2S. The average Bonchev–Trinajstić information content (AvgIpc) is 2.53. The van der Waals surface area contributed by atoms with Gasteiger partial charge in [-0.2, -0.15) is 0 Å². The van der Waals surface area contributed by atoms with Crippen LogP contribution in [-0.2, 0) is 17.2 Å². The van der Waals surface area contributed by atoms with Gasteiger partial charge in [0.2, 0.25) is 5.91 Å². The van der Waals surface area contributed by atoms with E-state index in [0.29, 0.717) is 11.4 Å². The Bertz CT molecular complexity index is 631. The minimum atomic E-state index is -0.373. The zero-order valence-corrected chi connectivity index (χ0v) is 13.1. The predicted molar refractivity (Wildman–Crippen MR) is 88.2 cm³/mol. The van der Waals surface area contributed by atoms with E-state index in [9.17, 15) is 9.18 Å². The maximum Gasteiger partial charge on any atom is 0.237 e. The molecule has 2 aromatic rings. The van der Waals surface area contributed by atoms with Crippen molar-refractivity contribution in [1.29, 1.82) is 0 Å². The standard InChI is InChI=1S/C17H18FNO2S/c1-12(17(21)19-16-4-2-3-15(18)9-16)22-11-14-7-5-13(10-20)6-8-14/h2-9,12,20H,10-11H2,1H3,(H,19,21). The van der Waals surface area contributed by atoms with Crippen LogP contribution < -0.4 is 5.32 Å². The van der Waals surface area contributed by atoms with Crippen LogP contribution in [0.3, 0.4) is 0 Å². The van der Waals surface area contributed by atoms with Gasteiger partial charge in [0, 0.05) is 11.4 Å². The smallest absolute Gasteiger partial charge is 0.237 e. The number of aliphatic hydroxyl groups is 1. The lowest BCUT2D eigenvalue weighted by molar-refractivity contribution is -0.115. The molecule has 1 unspecified atom stereocenters. The fraction of sp³-hybridized carbons (Fsp3) is 0.235. The van der Waals surface area contributed by atoms with E-state index in [1.807, 2.05) is 31.2 Å². The van der Waals surface area contributed by atoms with Gasteiger partial charge in [-0.15, -0.1) is 11.8 Å². The molecule has 0 radical (unpaired) electrons. The zero-order chi connectivity index (χ0) is 15.9. The number of carbonyl (C=O) groups is 1. The molecule has 0 bridgehead atoms. The fourth-order valence-corrected chi connectivity index (χ4v) is 2.69. The first-order chi connectivity index (χ1) is 10.6. The Hall–Kier alpha value is -1.85. The van der Waals surface area contributed by atoms with Gasteiger partial charge in [0.05, 0.1) is 11.9 Å². The van der Waals surface area contributed by atoms with Crippen molar-refractivity contribution < 1.29 is 14.3 Å². The zero-order valence-electron chi connectivity index (χ0n) is 12.3. The SMILES string of the molecule is CC(SCc1ccc(CO)cc1)C(=O)Nc1cccc(F)c1. The lowest BCUT2D eigenvalue weighted by atomic mass is 10.2. The molecule has 116 valence electrons. The van der Waals surface area contributed by atoms with Gasteiger partial charge < -0.3 is 10.4 Å². The molecule has 2 rings (SSSR count). The van der Waals surface area contributed by atoms with E-state index < -0.39 is 0 Å². The van der Waals surface area contributed by atoms with E-state index in [-0.39, 0.29) is 23.6 Å². The van der Waals surface area contributed by atoms with Crippen molar-refractivity contribution >= 4 is 23.4 Å². The maximum absolute atomic E-state index is 13.1. The molecule has 0 aromatic heterocycles. The first kappa shape index (κ1) is 16.5. The van der Waals surface area contributed by atoms with Crippen LogP contribution in [-0.4, -0.2) is 16.3 Å². The largest absolute Gasteiger partial charge is 0.392 e. The van der Waals surface area contributed by atoms with Gasteiger partial charge in [-0.3, -0.25) is 4.79 Å². The Balaban J connectivity index is 1.85. The molecule has 0 aliphatic heterocycles. The number of anilines is 1. The van der Waals surface area contributed by atoms with E-state index >= 15 is 0 Å². The number of hydrogen-bond acceptors (Lipinski definition) is 3. The topological polar surface area (TPSA) is 49.3 Å². The van der Waals surface area contributed by atoms with Crippen molar-refractivity contribution in [3.63, 3.8) is 0 Å². The summed E-state index contributed by atoms with van der Waals surface area (Å²) in [6.45, 7) is 1.85. The summed E-state index contributed by atoms with van der Waals surface area (Å²) in [6.07, 6.45) is 0. The number of thioether (sulfide) groups is 1. The highest BCUT2D eigenvalue weighted by atomic mass is 32.2. The molecule has 0 aliphatic carbocycles. The highest BCUT2D eigenvalue weighted by Gasteiger charge is 2.13. The molecule has 0 fully saturated rings. The highest BCUT2D eigenvalue weighted by Crippen LogP contribution is 2.20. The molecule has 2 N–H and O–H groups in total. The summed E-state index contributed by atoms with van der Waals surface area (Å²) in [7, 11) is 0. The van der Waals surface area contributed by atoms with Crippen molar-refractivity contribution in [2.24, 2.45) is 0 Å². The quantitative estimate of drug-likeness (QED) is 0.855. The minimum Gasteiger partial charge on any atom is -0.392 e. The summed E-state index contributed by atoms with van der Waals surface area (Å²) in [5.41, 5.74) is 2.42. The lowest BCUT2D eigenvalue weighted by Crippen LogP contribution is -2.22. The van der Waals surface area contributed by atoms with E-state index in [0.717, 1.165) is 11.1 Å². The summed E-state index contributed by atoms with van der Waals surface area (Å²) in [5.74, 6) is 0.174. The molecule has 0 saturated heterocycles. The van der Waals surface area contributed by atoms with Crippen LogP contribution in [0.5, 0.6) is 0 Å². The Morgan fingerprint density at radius 1 is 1.23 bits per heavy atom. The molecule has 3 nitrogen and oxygen atoms in total. The van der Waals surface area contributed by atoms with Gasteiger partial charge >= 0.3 is 0 Å². The number of halogens is 1. The molecule has 1 amide bonds. The first-order valence-electron chi connectivity index (χ1n) is 6.95. The highest BCUT2D eigenvalue weighted by molar-refractivity contribution is 7.99. The third-order valence-electron chi connectivity index (χ3n) is 3.17. The molecule has 0 spiro atoms. The van der Waals surface area contributed by atoms with Crippen LogP contribution in [0, 0.1) is 5.82 Å². The second-order valence-electron chi connectivity index (χ2n) is 4.93. The second kappa shape index (κ2) is 7.96. The van der Waals surface area contributed by atoms with Gasteiger partial charge in [-0.25, -0.2) is 4.39 Å². The molecule has 0 heterocycles. The summed E-state index contributed by atoms with van der Waals surface area (Å²) in [6, 6.07) is 13.5. The molecule has 2 aromatic carbocycles. The Morgan fingerprint density at radius 2 is 1.91 bits per heavy atom. The maximum atomic E-state index is 13.1. The van der Waals surface area contributed by atoms with Crippen LogP contribution >= 0.6 is 11.8 Å². The third kappa shape index (κ3) is 4.86. The Morgan fingerprint density at radius 3 is 2.55 bits per heavy atom. The number of rotatable bonds is 6. The summed E-state index contributed by atoms with van der Waals surface area (Å²) < 4.78 is 13.1. The molecule has 1 atom stereocenters. The molecular weight excluding hydrogens is 301 g/mol. The number of nitrogens with one attached hydrogen (secondary N) is 1. The van der Waals surface area contributed by atoms with Crippen molar-refractivity contribution in [3.05, 3.63) is 65.5 Å². The molecule has 0 saturated carbocycles. The van der Waals surface area contributed by atoms with Crippen molar-refractivity contribution in [3.8, 4) is 0 Å². The number of benzene rings is 2. The number of aliphatic hydroxyl groups excluding tert-OH is 1. The molecule has 0 aliphatic rings. The normalized spacial score (nSPS) is 12.0. The van der Waals surface area contributed by atoms with Gasteiger partial charge in [-0.05, 0) is 36.2 Å². The first-order valence-corrected chi connectivity index (χ1v) is 8.00. The monoisotopic (exact) mass is 319 g/mol. The average molecular weight is 319 g/mol. The molecule has 22 heavy (non-hydrogen) atoms. The number of hydrogen-bond donors (Lipinski definition) is 2. The van der Waals surface area contributed by atoms with Gasteiger partial charge in [0.1, 0.15) is 5.82 Å². The van der Waals surface area contributed by atoms with E-state index in [1.165, 1.54) is 23.9 Å². The van der Waals surface area contributed by atoms with Crippen LogP contribution in [0.4, 0.5) is 10.1 Å². The Labute approximate surface area is 133 Å². The van der Waals surface area contributed by atoms with Crippen LogP contribution in [0.1, 0.15) is 18.1 Å². The van der Waals surface area contributed by atoms with E-state index in [2.05, 4.69) is 5.32 Å². The van der Waals surface area contributed by atoms with Crippen LogP contribution in [0.2, 0.25) is 0 Å². The predicted octanol–water partition coefficient (Wildman–Crippen LogP) is 3.58. The van der Waals surface area contributed by atoms with Crippen LogP contribution in [0.15, 0.2) is 48.5 Å². The number of carbonyl (C=O) groups excluding carboxylic acids is 1.